The fraction of sp³-hybridized carbons (Fsp3) is 0.211. The summed E-state index contributed by atoms with van der Waals surface area (Å²) in [6.45, 7) is 5.90. The molecular formula is C19H19N3O2. The molecule has 0 fully saturated rings. The average molecular weight is 321 g/mol. The van der Waals surface area contributed by atoms with E-state index in [1.807, 2.05) is 39.0 Å². The molecule has 0 saturated carbocycles. The molecule has 0 aliphatic rings. The molecule has 0 aliphatic carbocycles. The van der Waals surface area contributed by atoms with Gasteiger partial charge in [-0.2, -0.15) is 0 Å². The predicted molar refractivity (Wildman–Crippen MR) is 95.6 cm³/mol. The number of fused-ring (bicyclic) bond motifs is 1. The van der Waals surface area contributed by atoms with Gasteiger partial charge in [0, 0.05) is 24.3 Å². The summed E-state index contributed by atoms with van der Waals surface area (Å²) in [5.41, 5.74) is 4.13. The van der Waals surface area contributed by atoms with Gasteiger partial charge in [-0.15, -0.1) is 0 Å². The Bertz CT molecular complexity index is 996. The maximum absolute atomic E-state index is 12.7. The van der Waals surface area contributed by atoms with E-state index in [0.29, 0.717) is 5.65 Å². The van der Waals surface area contributed by atoms with E-state index in [-0.39, 0.29) is 11.1 Å². The molecule has 24 heavy (non-hydrogen) atoms. The second kappa shape index (κ2) is 5.92. The van der Waals surface area contributed by atoms with E-state index in [0.717, 1.165) is 27.8 Å². The molecule has 3 aromatic rings. The third-order valence-electron chi connectivity index (χ3n) is 4.13. The van der Waals surface area contributed by atoms with Crippen LogP contribution >= 0.6 is 0 Å². The number of aromatic nitrogens is 2. The lowest BCUT2D eigenvalue weighted by molar-refractivity contribution is 0.102. The van der Waals surface area contributed by atoms with Gasteiger partial charge in [0.25, 0.3) is 11.5 Å². The topological polar surface area (TPSA) is 64.0 Å². The highest BCUT2D eigenvalue weighted by molar-refractivity contribution is 6.06. The second-order valence-electron chi connectivity index (χ2n) is 6.07. The van der Waals surface area contributed by atoms with Crippen LogP contribution in [0, 0.1) is 20.8 Å². The number of hydrogen-bond donors (Lipinski definition) is 1. The Morgan fingerprint density at radius 1 is 1.12 bits per heavy atom. The molecule has 122 valence electrons. The molecule has 5 heteroatoms. The normalized spacial score (nSPS) is 10.8. The number of aryl methyl sites for hydroxylation is 4. The van der Waals surface area contributed by atoms with Gasteiger partial charge in [-0.1, -0.05) is 17.7 Å². The van der Waals surface area contributed by atoms with Crippen LogP contribution in [0.2, 0.25) is 0 Å². The SMILES string of the molecule is Cc1cc(C)c(NC(=O)c2cc3cccnc3n(C)c2=O)c(C)c1. The van der Waals surface area contributed by atoms with Crippen molar-refractivity contribution >= 4 is 22.6 Å². The molecule has 0 spiro atoms. The maximum atomic E-state index is 12.7. The van der Waals surface area contributed by atoms with E-state index < -0.39 is 5.91 Å². The summed E-state index contributed by atoms with van der Waals surface area (Å²) >= 11 is 0. The van der Waals surface area contributed by atoms with Crippen molar-refractivity contribution in [2.45, 2.75) is 20.8 Å². The first kappa shape index (κ1) is 15.9. The molecule has 2 heterocycles. The number of anilines is 1. The van der Waals surface area contributed by atoms with Crippen molar-refractivity contribution in [2.24, 2.45) is 7.05 Å². The van der Waals surface area contributed by atoms with Gasteiger partial charge in [-0.05, 0) is 50.1 Å². The van der Waals surface area contributed by atoms with Gasteiger partial charge in [0.15, 0.2) is 0 Å². The Morgan fingerprint density at radius 2 is 1.79 bits per heavy atom. The summed E-state index contributed by atoms with van der Waals surface area (Å²) < 4.78 is 1.40. The molecule has 0 bridgehead atoms. The number of carbonyl (C=O) groups is 1. The number of hydrogen-bond acceptors (Lipinski definition) is 3. The van der Waals surface area contributed by atoms with Crippen LogP contribution in [0.1, 0.15) is 27.0 Å². The first-order valence-corrected chi connectivity index (χ1v) is 7.72. The van der Waals surface area contributed by atoms with Crippen molar-refractivity contribution in [3.05, 3.63) is 69.1 Å². The minimum Gasteiger partial charge on any atom is -0.321 e. The van der Waals surface area contributed by atoms with Crippen molar-refractivity contribution in [1.82, 2.24) is 9.55 Å². The van der Waals surface area contributed by atoms with Crippen molar-refractivity contribution in [1.29, 1.82) is 0 Å². The van der Waals surface area contributed by atoms with Gasteiger partial charge >= 0.3 is 0 Å². The third-order valence-corrected chi connectivity index (χ3v) is 4.13. The summed E-state index contributed by atoms with van der Waals surface area (Å²) in [5.74, 6) is -0.406. The molecule has 5 nitrogen and oxygen atoms in total. The Kier molecular flexibility index (Phi) is 3.93. The fourth-order valence-corrected chi connectivity index (χ4v) is 3.02. The Hall–Kier alpha value is -2.95. The minimum absolute atomic E-state index is 0.109. The van der Waals surface area contributed by atoms with Gasteiger partial charge in [0.1, 0.15) is 11.2 Å². The molecule has 2 aromatic heterocycles. The average Bonchev–Trinajstić information content (AvgIpc) is 2.54. The predicted octanol–water partition coefficient (Wildman–Crippen LogP) is 3.11. The molecule has 0 saturated heterocycles. The van der Waals surface area contributed by atoms with E-state index in [2.05, 4.69) is 10.3 Å². The van der Waals surface area contributed by atoms with Crippen LogP contribution < -0.4 is 10.9 Å². The highest BCUT2D eigenvalue weighted by Crippen LogP contribution is 2.22. The number of rotatable bonds is 2. The molecule has 0 radical (unpaired) electrons. The van der Waals surface area contributed by atoms with Crippen molar-refractivity contribution in [3.8, 4) is 0 Å². The summed E-state index contributed by atoms with van der Waals surface area (Å²) in [7, 11) is 1.62. The van der Waals surface area contributed by atoms with E-state index in [1.165, 1.54) is 4.57 Å². The monoisotopic (exact) mass is 321 g/mol. The standard InChI is InChI=1S/C19H19N3O2/c1-11-8-12(2)16(13(3)9-11)21-18(23)15-10-14-6-5-7-20-17(14)22(4)19(15)24/h5-10H,1-4H3,(H,21,23). The molecule has 1 aromatic carbocycles. The van der Waals surface area contributed by atoms with Crippen molar-refractivity contribution < 1.29 is 4.79 Å². The number of nitrogens with zero attached hydrogens (tertiary/aromatic N) is 2. The molecule has 0 unspecified atom stereocenters. The summed E-state index contributed by atoms with van der Waals surface area (Å²) in [5, 5.41) is 3.63. The summed E-state index contributed by atoms with van der Waals surface area (Å²) in [6, 6.07) is 9.22. The highest BCUT2D eigenvalue weighted by atomic mass is 16.2. The van der Waals surface area contributed by atoms with Crippen LogP contribution in [0.4, 0.5) is 5.69 Å². The second-order valence-corrected chi connectivity index (χ2v) is 6.07. The number of carbonyl (C=O) groups excluding carboxylic acids is 1. The molecule has 0 atom stereocenters. The van der Waals surface area contributed by atoms with Crippen LogP contribution in [0.15, 0.2) is 41.3 Å². The summed E-state index contributed by atoms with van der Waals surface area (Å²) in [4.78, 5) is 29.4. The fourth-order valence-electron chi connectivity index (χ4n) is 3.02. The molecule has 3 rings (SSSR count). The largest absolute Gasteiger partial charge is 0.321 e. The highest BCUT2D eigenvalue weighted by Gasteiger charge is 2.16. The van der Waals surface area contributed by atoms with Gasteiger partial charge in [0.05, 0.1) is 0 Å². The van der Waals surface area contributed by atoms with E-state index in [1.54, 1.807) is 25.4 Å². The van der Waals surface area contributed by atoms with E-state index >= 15 is 0 Å². The molecule has 1 N–H and O–H groups in total. The zero-order valence-corrected chi connectivity index (χ0v) is 14.2. The van der Waals surface area contributed by atoms with Gasteiger partial charge in [-0.3, -0.25) is 14.2 Å². The minimum atomic E-state index is -0.406. The van der Waals surface area contributed by atoms with Crippen LogP contribution in [0.5, 0.6) is 0 Å². The van der Waals surface area contributed by atoms with Crippen LogP contribution in [-0.4, -0.2) is 15.5 Å². The molecule has 0 aliphatic heterocycles. The Labute approximate surface area is 140 Å². The lowest BCUT2D eigenvalue weighted by Crippen LogP contribution is -2.28. The van der Waals surface area contributed by atoms with E-state index in [9.17, 15) is 9.59 Å². The number of amides is 1. The van der Waals surface area contributed by atoms with E-state index in [4.69, 9.17) is 0 Å². The maximum Gasteiger partial charge on any atom is 0.264 e. The van der Waals surface area contributed by atoms with Crippen LogP contribution in [-0.2, 0) is 7.05 Å². The van der Waals surface area contributed by atoms with Crippen molar-refractivity contribution in [3.63, 3.8) is 0 Å². The Morgan fingerprint density at radius 3 is 2.46 bits per heavy atom. The lowest BCUT2D eigenvalue weighted by atomic mass is 10.0. The van der Waals surface area contributed by atoms with Crippen molar-refractivity contribution in [2.75, 3.05) is 5.32 Å². The summed E-state index contributed by atoms with van der Waals surface area (Å²) in [6.07, 6.45) is 1.63. The Balaban J connectivity index is 2.07. The lowest BCUT2D eigenvalue weighted by Gasteiger charge is -2.13. The smallest absolute Gasteiger partial charge is 0.264 e. The van der Waals surface area contributed by atoms with Gasteiger partial charge in [-0.25, -0.2) is 4.98 Å². The van der Waals surface area contributed by atoms with Crippen LogP contribution in [0.3, 0.4) is 0 Å². The number of nitrogens with one attached hydrogen (secondary N) is 1. The zero-order valence-electron chi connectivity index (χ0n) is 14.2. The van der Waals surface area contributed by atoms with Gasteiger partial charge < -0.3 is 5.32 Å². The molecule has 1 amide bonds. The quantitative estimate of drug-likeness (QED) is 0.789. The number of benzene rings is 1. The first-order chi connectivity index (χ1) is 11.4. The third kappa shape index (κ3) is 2.69. The zero-order chi connectivity index (χ0) is 17.4. The number of pyridine rings is 2. The van der Waals surface area contributed by atoms with Crippen LogP contribution in [0.25, 0.3) is 11.0 Å². The molecular weight excluding hydrogens is 302 g/mol. The van der Waals surface area contributed by atoms with Gasteiger partial charge in [0.2, 0.25) is 0 Å². The first-order valence-electron chi connectivity index (χ1n) is 7.72.